The number of aliphatic hydroxyl groups excluding tert-OH is 1. The molecule has 3 rings (SSSR count). The highest BCUT2D eigenvalue weighted by Gasteiger charge is 2.45. The molecule has 1 unspecified atom stereocenters. The fourth-order valence-electron chi connectivity index (χ4n) is 2.57. The standard InChI is InChI=1S/C17H13F4N3O3S/c18-11-4-3-10(17(19,20)21)6-9(11)7-22-15(27)16(13-2-1-5-28-13)23-8-12(25)14(26)24-16/h1-6,8,23,25H,7H2,(H,22,27)(H,24,26). The Morgan fingerprint density at radius 1 is 1.29 bits per heavy atom. The molecule has 0 fully saturated rings. The van der Waals surface area contributed by atoms with Crippen LogP contribution in [0.1, 0.15) is 16.0 Å². The summed E-state index contributed by atoms with van der Waals surface area (Å²) in [4.78, 5) is 25.0. The summed E-state index contributed by atoms with van der Waals surface area (Å²) in [6.07, 6.45) is -3.73. The first-order chi connectivity index (χ1) is 13.1. The molecule has 11 heteroatoms. The number of rotatable bonds is 4. The molecule has 6 nitrogen and oxygen atoms in total. The molecule has 1 aromatic heterocycles. The fourth-order valence-corrected chi connectivity index (χ4v) is 3.41. The highest BCUT2D eigenvalue weighted by Crippen LogP contribution is 2.31. The summed E-state index contributed by atoms with van der Waals surface area (Å²) in [6, 6.07) is 5.03. The minimum Gasteiger partial charge on any atom is -0.502 e. The highest BCUT2D eigenvalue weighted by atomic mass is 32.1. The fraction of sp³-hybridized carbons (Fsp3) is 0.176. The van der Waals surface area contributed by atoms with Gasteiger partial charge in [0.2, 0.25) is 5.66 Å². The SMILES string of the molecule is O=C1NC(C(=O)NCc2cc(C(F)(F)F)ccc2F)(c2cccs2)NC=C1O. The molecule has 0 spiro atoms. The van der Waals surface area contributed by atoms with Gasteiger partial charge in [-0.15, -0.1) is 11.3 Å². The van der Waals surface area contributed by atoms with E-state index in [9.17, 15) is 32.3 Å². The Morgan fingerprint density at radius 2 is 2.04 bits per heavy atom. The van der Waals surface area contributed by atoms with Gasteiger partial charge in [0, 0.05) is 18.3 Å². The van der Waals surface area contributed by atoms with Crippen LogP contribution in [-0.2, 0) is 28.0 Å². The normalized spacial score (nSPS) is 19.4. The molecule has 0 saturated carbocycles. The van der Waals surface area contributed by atoms with Crippen molar-refractivity contribution in [3.63, 3.8) is 0 Å². The molecular formula is C17H13F4N3O3S. The van der Waals surface area contributed by atoms with Crippen LogP contribution in [0.5, 0.6) is 0 Å². The smallest absolute Gasteiger partial charge is 0.416 e. The van der Waals surface area contributed by atoms with Crippen molar-refractivity contribution in [3.8, 4) is 0 Å². The van der Waals surface area contributed by atoms with E-state index >= 15 is 0 Å². The van der Waals surface area contributed by atoms with E-state index in [1.165, 1.54) is 0 Å². The predicted octanol–water partition coefficient (Wildman–Crippen LogP) is 2.49. The number of carbonyl (C=O) groups is 2. The Bertz CT molecular complexity index is 944. The van der Waals surface area contributed by atoms with Crippen LogP contribution in [0.25, 0.3) is 0 Å². The lowest BCUT2D eigenvalue weighted by Crippen LogP contribution is -2.65. The topological polar surface area (TPSA) is 90.5 Å². The van der Waals surface area contributed by atoms with Crippen molar-refractivity contribution in [1.29, 1.82) is 0 Å². The Labute approximate surface area is 159 Å². The van der Waals surface area contributed by atoms with E-state index < -0.39 is 47.3 Å². The number of alkyl halides is 3. The van der Waals surface area contributed by atoms with Crippen molar-refractivity contribution in [3.05, 3.63) is 69.5 Å². The van der Waals surface area contributed by atoms with Crippen LogP contribution in [0.15, 0.2) is 47.7 Å². The quantitative estimate of drug-likeness (QED) is 0.578. The molecule has 2 amide bonds. The maximum Gasteiger partial charge on any atom is 0.416 e. The average Bonchev–Trinajstić information content (AvgIpc) is 3.17. The molecule has 0 radical (unpaired) electrons. The van der Waals surface area contributed by atoms with Crippen LogP contribution >= 0.6 is 11.3 Å². The maximum absolute atomic E-state index is 13.9. The summed E-state index contributed by atoms with van der Waals surface area (Å²) in [6.45, 7) is -0.547. The van der Waals surface area contributed by atoms with Crippen LogP contribution < -0.4 is 16.0 Å². The summed E-state index contributed by atoms with van der Waals surface area (Å²) < 4.78 is 52.3. The van der Waals surface area contributed by atoms with E-state index in [1.54, 1.807) is 17.5 Å². The van der Waals surface area contributed by atoms with E-state index in [2.05, 4.69) is 16.0 Å². The number of halogens is 4. The van der Waals surface area contributed by atoms with Crippen LogP contribution in [0.3, 0.4) is 0 Å². The lowest BCUT2D eigenvalue weighted by Gasteiger charge is -2.35. The molecule has 1 atom stereocenters. The first-order valence-corrected chi connectivity index (χ1v) is 8.69. The lowest BCUT2D eigenvalue weighted by molar-refractivity contribution is -0.137. The van der Waals surface area contributed by atoms with E-state index in [-0.39, 0.29) is 5.56 Å². The number of hydrogen-bond donors (Lipinski definition) is 4. The predicted molar refractivity (Wildman–Crippen MR) is 91.2 cm³/mol. The zero-order chi connectivity index (χ0) is 20.5. The number of thiophene rings is 1. The summed E-state index contributed by atoms with van der Waals surface area (Å²) in [5, 5.41) is 18.3. The molecule has 0 saturated heterocycles. The summed E-state index contributed by atoms with van der Waals surface area (Å²) >= 11 is 1.12. The third-order valence-electron chi connectivity index (χ3n) is 4.00. The summed E-state index contributed by atoms with van der Waals surface area (Å²) in [7, 11) is 0. The van der Waals surface area contributed by atoms with Crippen molar-refractivity contribution < 1.29 is 32.3 Å². The van der Waals surface area contributed by atoms with E-state index in [0.717, 1.165) is 17.5 Å². The van der Waals surface area contributed by atoms with Gasteiger partial charge in [0.1, 0.15) is 5.82 Å². The van der Waals surface area contributed by atoms with Crippen molar-refractivity contribution >= 4 is 23.2 Å². The molecule has 1 aliphatic rings. The van der Waals surface area contributed by atoms with Crippen LogP contribution in [0.2, 0.25) is 0 Å². The van der Waals surface area contributed by atoms with Crippen LogP contribution in [0.4, 0.5) is 17.6 Å². The molecular weight excluding hydrogens is 402 g/mol. The zero-order valence-electron chi connectivity index (χ0n) is 13.9. The van der Waals surface area contributed by atoms with Crippen molar-refractivity contribution in [2.75, 3.05) is 0 Å². The Kier molecular flexibility index (Phi) is 5.02. The van der Waals surface area contributed by atoms with Gasteiger partial charge in [-0.3, -0.25) is 9.59 Å². The van der Waals surface area contributed by atoms with Gasteiger partial charge in [0.25, 0.3) is 11.8 Å². The van der Waals surface area contributed by atoms with Gasteiger partial charge in [0.05, 0.1) is 10.4 Å². The van der Waals surface area contributed by atoms with Gasteiger partial charge in [0.15, 0.2) is 5.76 Å². The van der Waals surface area contributed by atoms with E-state index in [1.807, 2.05) is 0 Å². The molecule has 2 heterocycles. The summed E-state index contributed by atoms with van der Waals surface area (Å²) in [5.74, 6) is -3.34. The number of amides is 2. The second-order valence-electron chi connectivity index (χ2n) is 5.84. The van der Waals surface area contributed by atoms with Gasteiger partial charge in [-0.25, -0.2) is 4.39 Å². The third-order valence-corrected chi connectivity index (χ3v) is 4.99. The van der Waals surface area contributed by atoms with Gasteiger partial charge >= 0.3 is 6.18 Å². The maximum atomic E-state index is 13.9. The Balaban J connectivity index is 1.86. The lowest BCUT2D eigenvalue weighted by atomic mass is 10.0. The number of hydrogen-bond acceptors (Lipinski definition) is 5. The third kappa shape index (κ3) is 3.65. The molecule has 148 valence electrons. The van der Waals surface area contributed by atoms with Gasteiger partial charge < -0.3 is 21.1 Å². The van der Waals surface area contributed by atoms with E-state index in [4.69, 9.17) is 0 Å². The van der Waals surface area contributed by atoms with Crippen molar-refractivity contribution in [2.45, 2.75) is 18.4 Å². The van der Waals surface area contributed by atoms with Crippen LogP contribution in [-0.4, -0.2) is 16.9 Å². The van der Waals surface area contributed by atoms with E-state index in [0.29, 0.717) is 23.1 Å². The number of benzene rings is 1. The highest BCUT2D eigenvalue weighted by molar-refractivity contribution is 7.10. The molecule has 2 aromatic rings. The van der Waals surface area contributed by atoms with Gasteiger partial charge in [-0.2, -0.15) is 13.2 Å². The van der Waals surface area contributed by atoms with Crippen molar-refractivity contribution in [2.24, 2.45) is 0 Å². The molecule has 4 N–H and O–H groups in total. The van der Waals surface area contributed by atoms with Crippen molar-refractivity contribution in [1.82, 2.24) is 16.0 Å². The minimum absolute atomic E-state index is 0.353. The first-order valence-electron chi connectivity index (χ1n) is 7.81. The molecule has 0 bridgehead atoms. The number of carbonyl (C=O) groups excluding carboxylic acids is 2. The zero-order valence-corrected chi connectivity index (χ0v) is 14.7. The second-order valence-corrected chi connectivity index (χ2v) is 6.79. The first kappa shape index (κ1) is 19.7. The minimum atomic E-state index is -4.66. The molecule has 0 aliphatic carbocycles. The molecule has 1 aromatic carbocycles. The van der Waals surface area contributed by atoms with Crippen LogP contribution in [0, 0.1) is 5.82 Å². The second kappa shape index (κ2) is 7.15. The largest absolute Gasteiger partial charge is 0.502 e. The summed E-state index contributed by atoms with van der Waals surface area (Å²) in [5.41, 5.74) is -3.22. The van der Waals surface area contributed by atoms with Gasteiger partial charge in [-0.05, 0) is 29.6 Å². The van der Waals surface area contributed by atoms with Gasteiger partial charge in [-0.1, -0.05) is 6.07 Å². The Morgan fingerprint density at radius 3 is 2.64 bits per heavy atom. The molecule has 1 aliphatic heterocycles. The number of nitrogens with one attached hydrogen (secondary N) is 3. The Hall–Kier alpha value is -3.08. The number of aliphatic hydroxyl groups is 1. The average molecular weight is 415 g/mol. The monoisotopic (exact) mass is 415 g/mol. The molecule has 28 heavy (non-hydrogen) atoms.